The summed E-state index contributed by atoms with van der Waals surface area (Å²) in [6, 6.07) is 7.06. The molecule has 0 radical (unpaired) electrons. The van der Waals surface area contributed by atoms with E-state index < -0.39 is 5.54 Å². The zero-order valence-electron chi connectivity index (χ0n) is 10.1. The van der Waals surface area contributed by atoms with Crippen molar-refractivity contribution in [1.82, 2.24) is 5.32 Å². The van der Waals surface area contributed by atoms with Gasteiger partial charge in [-0.1, -0.05) is 23.7 Å². The fourth-order valence-corrected chi connectivity index (χ4v) is 1.45. The molecule has 5 heteroatoms. The van der Waals surface area contributed by atoms with Crippen LogP contribution >= 0.6 is 11.6 Å². The van der Waals surface area contributed by atoms with Crippen molar-refractivity contribution in [2.75, 3.05) is 13.2 Å². The summed E-state index contributed by atoms with van der Waals surface area (Å²) in [5.41, 5.74) is -0.220. The van der Waals surface area contributed by atoms with Crippen LogP contribution in [0.4, 0.5) is 0 Å². The number of nitrogens with one attached hydrogen (secondary N) is 1. The Bertz CT molecular complexity index is 442. The third-order valence-corrected chi connectivity index (χ3v) is 2.63. The molecule has 1 aromatic carbocycles. The minimum absolute atomic E-state index is 0.333. The van der Waals surface area contributed by atoms with Gasteiger partial charge in [-0.25, -0.2) is 0 Å². The molecule has 0 unspecified atom stereocenters. The topological polar surface area (TPSA) is 69.6 Å². The number of aliphatic hydroxyl groups is 2. The molecule has 98 valence electrons. The summed E-state index contributed by atoms with van der Waals surface area (Å²) in [7, 11) is 0. The predicted molar refractivity (Wildman–Crippen MR) is 71.2 cm³/mol. The Morgan fingerprint density at radius 2 is 2.11 bits per heavy atom. The molecule has 0 aliphatic rings. The van der Waals surface area contributed by atoms with E-state index in [-0.39, 0.29) is 19.1 Å². The number of carbonyl (C=O) groups excluding carboxylic acids is 1. The van der Waals surface area contributed by atoms with Crippen LogP contribution in [0.2, 0.25) is 5.02 Å². The van der Waals surface area contributed by atoms with E-state index in [0.717, 1.165) is 5.56 Å². The molecule has 0 bridgehead atoms. The predicted octanol–water partition coefficient (Wildman–Crippen LogP) is 1.21. The lowest BCUT2D eigenvalue weighted by Crippen LogP contribution is -2.51. The first-order chi connectivity index (χ1) is 8.49. The van der Waals surface area contributed by atoms with Crippen molar-refractivity contribution >= 4 is 23.6 Å². The van der Waals surface area contributed by atoms with Crippen LogP contribution < -0.4 is 5.32 Å². The van der Waals surface area contributed by atoms with Crippen LogP contribution in [0.3, 0.4) is 0 Å². The summed E-state index contributed by atoms with van der Waals surface area (Å²) in [6.45, 7) is 0.888. The van der Waals surface area contributed by atoms with Crippen molar-refractivity contribution in [3.05, 3.63) is 40.9 Å². The van der Waals surface area contributed by atoms with Gasteiger partial charge in [-0.05, 0) is 30.7 Å². The quantitative estimate of drug-likeness (QED) is 0.704. The van der Waals surface area contributed by atoms with Gasteiger partial charge in [0.1, 0.15) is 0 Å². The van der Waals surface area contributed by atoms with Crippen LogP contribution in [-0.2, 0) is 4.79 Å². The number of carbonyl (C=O) groups is 1. The Morgan fingerprint density at radius 3 is 2.67 bits per heavy atom. The largest absolute Gasteiger partial charge is 0.394 e. The average molecular weight is 270 g/mol. The molecule has 0 saturated carbocycles. The summed E-state index contributed by atoms with van der Waals surface area (Å²) in [5, 5.41) is 21.2. The average Bonchev–Trinajstić information content (AvgIpc) is 2.36. The summed E-state index contributed by atoms with van der Waals surface area (Å²) >= 11 is 5.81. The first kappa shape index (κ1) is 14.7. The summed E-state index contributed by atoms with van der Waals surface area (Å²) < 4.78 is 0. The highest BCUT2D eigenvalue weighted by atomic mass is 35.5. The molecule has 0 atom stereocenters. The Balaban J connectivity index is 2.65. The molecule has 0 fully saturated rings. The van der Waals surface area contributed by atoms with Crippen LogP contribution in [0.1, 0.15) is 12.5 Å². The monoisotopic (exact) mass is 269 g/mol. The van der Waals surface area contributed by atoms with Crippen molar-refractivity contribution in [2.24, 2.45) is 0 Å². The van der Waals surface area contributed by atoms with Gasteiger partial charge >= 0.3 is 0 Å². The van der Waals surface area contributed by atoms with Crippen molar-refractivity contribution in [2.45, 2.75) is 12.5 Å². The van der Waals surface area contributed by atoms with E-state index in [1.807, 2.05) is 6.07 Å². The molecule has 3 N–H and O–H groups in total. The molecule has 0 heterocycles. The van der Waals surface area contributed by atoms with Gasteiger partial charge in [-0.3, -0.25) is 4.79 Å². The number of amides is 1. The van der Waals surface area contributed by atoms with E-state index in [1.165, 1.54) is 6.08 Å². The second-order valence-electron chi connectivity index (χ2n) is 4.25. The summed E-state index contributed by atoms with van der Waals surface area (Å²) in [6.07, 6.45) is 2.94. The van der Waals surface area contributed by atoms with Crippen molar-refractivity contribution in [3.8, 4) is 0 Å². The molecule has 0 aliphatic heterocycles. The van der Waals surface area contributed by atoms with Crippen molar-refractivity contribution in [1.29, 1.82) is 0 Å². The fourth-order valence-electron chi connectivity index (χ4n) is 1.25. The second kappa shape index (κ2) is 6.54. The van der Waals surface area contributed by atoms with Crippen LogP contribution in [0, 0.1) is 0 Å². The third-order valence-electron chi connectivity index (χ3n) is 2.40. The van der Waals surface area contributed by atoms with Gasteiger partial charge in [0.15, 0.2) is 0 Å². The third kappa shape index (κ3) is 4.49. The van der Waals surface area contributed by atoms with E-state index in [2.05, 4.69) is 5.32 Å². The maximum Gasteiger partial charge on any atom is 0.244 e. The number of benzene rings is 1. The van der Waals surface area contributed by atoms with E-state index in [4.69, 9.17) is 21.8 Å². The maximum atomic E-state index is 11.6. The Hall–Kier alpha value is -1.36. The zero-order chi connectivity index (χ0) is 13.6. The van der Waals surface area contributed by atoms with Gasteiger partial charge in [-0.2, -0.15) is 0 Å². The minimum Gasteiger partial charge on any atom is -0.394 e. The standard InChI is InChI=1S/C13H16ClNO3/c1-13(8-16,9-17)15-12(18)6-5-10-3-2-4-11(14)7-10/h2-7,16-17H,8-9H2,1H3,(H,15,18)/b6-5+. The Labute approximate surface area is 111 Å². The highest BCUT2D eigenvalue weighted by Crippen LogP contribution is 2.11. The smallest absolute Gasteiger partial charge is 0.244 e. The van der Waals surface area contributed by atoms with Gasteiger partial charge < -0.3 is 15.5 Å². The number of rotatable bonds is 5. The van der Waals surface area contributed by atoms with E-state index in [9.17, 15) is 4.79 Å². The molecule has 1 rings (SSSR count). The lowest BCUT2D eigenvalue weighted by Gasteiger charge is -2.25. The molecule has 0 aromatic heterocycles. The lowest BCUT2D eigenvalue weighted by molar-refractivity contribution is -0.119. The Morgan fingerprint density at radius 1 is 1.44 bits per heavy atom. The van der Waals surface area contributed by atoms with Gasteiger partial charge in [0.05, 0.1) is 18.8 Å². The molecule has 1 aromatic rings. The van der Waals surface area contributed by atoms with Crippen molar-refractivity contribution in [3.63, 3.8) is 0 Å². The SMILES string of the molecule is CC(CO)(CO)NC(=O)/C=C/c1cccc(Cl)c1. The summed E-state index contributed by atoms with van der Waals surface area (Å²) in [5.74, 6) is -0.388. The maximum absolute atomic E-state index is 11.6. The zero-order valence-corrected chi connectivity index (χ0v) is 10.8. The molecular weight excluding hydrogens is 254 g/mol. The lowest BCUT2D eigenvalue weighted by atomic mass is 10.1. The van der Waals surface area contributed by atoms with E-state index >= 15 is 0 Å². The molecule has 1 amide bonds. The highest BCUT2D eigenvalue weighted by Gasteiger charge is 2.23. The molecular formula is C13H16ClNO3. The number of halogens is 1. The van der Waals surface area contributed by atoms with E-state index in [0.29, 0.717) is 5.02 Å². The van der Waals surface area contributed by atoms with Gasteiger partial charge in [0.2, 0.25) is 5.91 Å². The first-order valence-corrected chi connectivity index (χ1v) is 5.84. The number of hydrogen-bond donors (Lipinski definition) is 3. The molecule has 0 spiro atoms. The molecule has 18 heavy (non-hydrogen) atoms. The van der Waals surface area contributed by atoms with Crippen LogP contribution in [-0.4, -0.2) is 34.9 Å². The van der Waals surface area contributed by atoms with Crippen molar-refractivity contribution < 1.29 is 15.0 Å². The fraction of sp³-hybridized carbons (Fsp3) is 0.308. The van der Waals surface area contributed by atoms with Crippen LogP contribution in [0.15, 0.2) is 30.3 Å². The second-order valence-corrected chi connectivity index (χ2v) is 4.69. The highest BCUT2D eigenvalue weighted by molar-refractivity contribution is 6.30. The Kier molecular flexibility index (Phi) is 5.34. The molecule has 0 saturated heterocycles. The van der Waals surface area contributed by atoms with Crippen LogP contribution in [0.5, 0.6) is 0 Å². The number of aliphatic hydroxyl groups excluding tert-OH is 2. The normalized spacial score (nSPS) is 11.8. The number of hydrogen-bond acceptors (Lipinski definition) is 3. The van der Waals surface area contributed by atoms with Crippen LogP contribution in [0.25, 0.3) is 6.08 Å². The first-order valence-electron chi connectivity index (χ1n) is 5.46. The van der Waals surface area contributed by atoms with Gasteiger partial charge in [-0.15, -0.1) is 0 Å². The van der Waals surface area contributed by atoms with Gasteiger partial charge in [0.25, 0.3) is 0 Å². The van der Waals surface area contributed by atoms with E-state index in [1.54, 1.807) is 31.2 Å². The van der Waals surface area contributed by atoms with Gasteiger partial charge in [0, 0.05) is 11.1 Å². The summed E-state index contributed by atoms with van der Waals surface area (Å²) in [4.78, 5) is 11.6. The molecule has 4 nitrogen and oxygen atoms in total. The minimum atomic E-state index is -1.02. The molecule has 0 aliphatic carbocycles.